The molecule has 4 rings (SSSR count). The van der Waals surface area contributed by atoms with Crippen LogP contribution in [0.2, 0.25) is 0 Å². The number of aromatic nitrogens is 2. The van der Waals surface area contributed by atoms with Gasteiger partial charge in [-0.05, 0) is 55.0 Å². The zero-order valence-electron chi connectivity index (χ0n) is 17.4. The van der Waals surface area contributed by atoms with E-state index in [4.69, 9.17) is 9.47 Å². The molecule has 4 aromatic rings. The van der Waals surface area contributed by atoms with Crippen molar-refractivity contribution in [3.63, 3.8) is 0 Å². The molecule has 0 aliphatic rings. The van der Waals surface area contributed by atoms with Crippen LogP contribution in [0.25, 0.3) is 22.2 Å². The first-order chi connectivity index (χ1) is 15.9. The number of fused-ring (bicyclic) bond motifs is 1. The molecule has 2 N–H and O–H groups in total. The number of pyridine rings is 2. The van der Waals surface area contributed by atoms with Crippen LogP contribution >= 0.6 is 0 Å². The largest absolute Gasteiger partial charge is 0.504 e. The number of nitrogens with zero attached hydrogens (tertiary/aromatic N) is 2. The second kappa shape index (κ2) is 8.83. The number of aromatic hydroxyl groups is 2. The fraction of sp³-hybridized carbons (Fsp3) is 0.0833. The van der Waals surface area contributed by atoms with Crippen molar-refractivity contribution in [2.75, 3.05) is 6.61 Å². The van der Waals surface area contributed by atoms with Crippen molar-refractivity contribution in [2.45, 2.75) is 6.92 Å². The van der Waals surface area contributed by atoms with E-state index in [1.165, 1.54) is 24.4 Å². The minimum absolute atomic E-state index is 0.0316. The van der Waals surface area contributed by atoms with E-state index in [0.29, 0.717) is 5.56 Å². The lowest BCUT2D eigenvalue weighted by molar-refractivity contribution is 0.0734. The molecule has 2 aromatic heterocycles. The van der Waals surface area contributed by atoms with Crippen molar-refractivity contribution in [1.82, 2.24) is 9.55 Å². The summed E-state index contributed by atoms with van der Waals surface area (Å²) in [5, 5.41) is 19.8. The quantitative estimate of drug-likeness (QED) is 0.276. The Kier molecular flexibility index (Phi) is 5.77. The van der Waals surface area contributed by atoms with Crippen molar-refractivity contribution >= 4 is 23.0 Å². The van der Waals surface area contributed by atoms with Crippen LogP contribution in [0.1, 0.15) is 17.3 Å². The van der Waals surface area contributed by atoms with Gasteiger partial charge in [-0.15, -0.1) is 0 Å². The zero-order valence-corrected chi connectivity index (χ0v) is 17.4. The van der Waals surface area contributed by atoms with Crippen molar-refractivity contribution in [3.8, 4) is 28.5 Å². The summed E-state index contributed by atoms with van der Waals surface area (Å²) in [6.45, 7) is 1.72. The van der Waals surface area contributed by atoms with Crippen LogP contribution in [0.5, 0.6) is 17.2 Å². The van der Waals surface area contributed by atoms with Gasteiger partial charge in [0.05, 0.1) is 28.8 Å². The smallest absolute Gasteiger partial charge is 0.418 e. The first-order valence-corrected chi connectivity index (χ1v) is 9.90. The molecule has 0 aliphatic heterocycles. The topological polar surface area (TPSA) is 128 Å². The van der Waals surface area contributed by atoms with Gasteiger partial charge in [-0.2, -0.15) is 0 Å². The number of benzene rings is 2. The zero-order chi connectivity index (χ0) is 23.5. The van der Waals surface area contributed by atoms with E-state index < -0.39 is 29.0 Å². The van der Waals surface area contributed by atoms with Crippen molar-refractivity contribution in [3.05, 3.63) is 82.8 Å². The summed E-state index contributed by atoms with van der Waals surface area (Å²) >= 11 is 0. The number of hydrogen-bond acceptors (Lipinski definition) is 8. The second-order valence-electron chi connectivity index (χ2n) is 6.94. The van der Waals surface area contributed by atoms with Gasteiger partial charge in [-0.25, -0.2) is 14.2 Å². The van der Waals surface area contributed by atoms with Crippen molar-refractivity contribution in [1.29, 1.82) is 0 Å². The molecule has 0 fully saturated rings. The molecule has 9 nitrogen and oxygen atoms in total. The number of hydrogen-bond donors (Lipinski definition) is 2. The fourth-order valence-corrected chi connectivity index (χ4v) is 3.28. The normalized spacial score (nSPS) is 10.7. The summed E-state index contributed by atoms with van der Waals surface area (Å²) in [7, 11) is 0. The predicted octanol–water partition coefficient (Wildman–Crippen LogP) is 3.70. The third-order valence-corrected chi connectivity index (χ3v) is 4.82. The number of rotatable bonds is 4. The minimum Gasteiger partial charge on any atom is -0.504 e. The first-order valence-electron chi connectivity index (χ1n) is 9.90. The highest BCUT2D eigenvalue weighted by Gasteiger charge is 2.19. The van der Waals surface area contributed by atoms with Crippen LogP contribution in [-0.4, -0.2) is 38.4 Å². The molecule has 0 spiro atoms. The Morgan fingerprint density at radius 1 is 1.03 bits per heavy atom. The molecule has 2 heterocycles. The summed E-state index contributed by atoms with van der Waals surface area (Å²) in [5.74, 6) is -1.31. The Bertz CT molecular complexity index is 1410. The number of ether oxygens (including phenoxy) is 2. The van der Waals surface area contributed by atoms with E-state index in [1.807, 2.05) is 0 Å². The van der Waals surface area contributed by atoms with Crippen LogP contribution in [0, 0.1) is 0 Å². The average molecular weight is 446 g/mol. The average Bonchev–Trinajstić information content (AvgIpc) is 2.81. The Labute approximate surface area is 187 Å². The predicted molar refractivity (Wildman–Crippen MR) is 119 cm³/mol. The Hall–Kier alpha value is -4.66. The molecule has 0 saturated carbocycles. The Morgan fingerprint density at radius 3 is 2.42 bits per heavy atom. The van der Waals surface area contributed by atoms with Crippen LogP contribution in [0.4, 0.5) is 4.79 Å². The van der Waals surface area contributed by atoms with Crippen LogP contribution < -0.4 is 10.2 Å². The number of esters is 1. The third kappa shape index (κ3) is 4.24. The van der Waals surface area contributed by atoms with E-state index in [1.54, 1.807) is 37.4 Å². The van der Waals surface area contributed by atoms with E-state index in [9.17, 15) is 24.6 Å². The molecule has 0 unspecified atom stereocenters. The second-order valence-corrected chi connectivity index (χ2v) is 6.94. The maximum Gasteiger partial charge on any atom is 0.418 e. The number of carbonyl (C=O) groups excluding carboxylic acids is 2. The number of carbonyl (C=O) groups is 2. The number of phenols is 2. The maximum atomic E-state index is 12.7. The van der Waals surface area contributed by atoms with E-state index in [-0.39, 0.29) is 34.5 Å². The standard InChI is InChI=1S/C24H18N2O7/c1-2-32-24(31)26-18(11-20(27)17-10-21(28)22(29)12-19(17)26)14-5-7-16(8-6-14)33-23(30)15-4-3-9-25-13-15/h3-13,28-29H,2H2,1H3. The molecule has 0 amide bonds. The highest BCUT2D eigenvalue weighted by molar-refractivity contribution is 5.94. The van der Waals surface area contributed by atoms with Gasteiger partial charge in [-0.1, -0.05) is 0 Å². The first kappa shape index (κ1) is 21.6. The molecule has 0 saturated heterocycles. The molecule has 0 bridgehead atoms. The van der Waals surface area contributed by atoms with Crippen molar-refractivity contribution in [2.24, 2.45) is 0 Å². The maximum absolute atomic E-state index is 12.7. The summed E-state index contributed by atoms with van der Waals surface area (Å²) in [6, 6.07) is 12.8. The lowest BCUT2D eigenvalue weighted by Gasteiger charge is -2.16. The fourth-order valence-electron chi connectivity index (χ4n) is 3.28. The SMILES string of the molecule is CCOC(=O)n1c(-c2ccc(OC(=O)c3cccnc3)cc2)cc(=O)c2cc(O)c(O)cc21. The monoisotopic (exact) mass is 446 g/mol. The highest BCUT2D eigenvalue weighted by atomic mass is 16.5. The van der Waals surface area contributed by atoms with Gasteiger partial charge in [0.1, 0.15) is 5.75 Å². The molecule has 166 valence electrons. The molecule has 0 aliphatic carbocycles. The lowest BCUT2D eigenvalue weighted by atomic mass is 10.1. The van der Waals surface area contributed by atoms with Crippen molar-refractivity contribution < 1.29 is 29.3 Å². The molecule has 0 atom stereocenters. The van der Waals surface area contributed by atoms with Gasteiger partial charge in [0, 0.05) is 24.5 Å². The molecular formula is C24H18N2O7. The summed E-state index contributed by atoms with van der Waals surface area (Å²) in [4.78, 5) is 41.6. The van der Waals surface area contributed by atoms with Gasteiger partial charge < -0.3 is 19.7 Å². The summed E-state index contributed by atoms with van der Waals surface area (Å²) < 4.78 is 11.6. The van der Waals surface area contributed by atoms with Gasteiger partial charge in [0.15, 0.2) is 16.9 Å². The molecule has 2 aromatic carbocycles. The summed E-state index contributed by atoms with van der Waals surface area (Å²) in [6.07, 6.45) is 2.16. The molecule has 33 heavy (non-hydrogen) atoms. The van der Waals surface area contributed by atoms with Crippen LogP contribution in [-0.2, 0) is 4.74 Å². The highest BCUT2D eigenvalue weighted by Crippen LogP contribution is 2.32. The molecule has 9 heteroatoms. The molecule has 0 radical (unpaired) electrons. The van der Waals surface area contributed by atoms with Gasteiger partial charge >= 0.3 is 12.1 Å². The van der Waals surface area contributed by atoms with Gasteiger partial charge in [0.25, 0.3) is 0 Å². The van der Waals surface area contributed by atoms with Gasteiger partial charge in [-0.3, -0.25) is 9.78 Å². The number of phenolic OH excluding ortho intramolecular Hbond substituents is 2. The Balaban J connectivity index is 1.78. The van der Waals surface area contributed by atoms with E-state index in [2.05, 4.69) is 4.98 Å². The van der Waals surface area contributed by atoms with E-state index >= 15 is 0 Å². The third-order valence-electron chi connectivity index (χ3n) is 4.82. The minimum atomic E-state index is -0.769. The summed E-state index contributed by atoms with van der Waals surface area (Å²) in [5.41, 5.74) is 0.536. The van der Waals surface area contributed by atoms with E-state index in [0.717, 1.165) is 16.7 Å². The molecular weight excluding hydrogens is 428 g/mol. The Morgan fingerprint density at radius 2 is 1.76 bits per heavy atom. The van der Waals surface area contributed by atoms with Crippen LogP contribution in [0.15, 0.2) is 71.8 Å². The lowest BCUT2D eigenvalue weighted by Crippen LogP contribution is -2.20. The van der Waals surface area contributed by atoms with Crippen LogP contribution in [0.3, 0.4) is 0 Å². The van der Waals surface area contributed by atoms with Gasteiger partial charge in [0.2, 0.25) is 0 Å².